The Labute approximate surface area is 87.4 Å². The van der Waals surface area contributed by atoms with Gasteiger partial charge in [-0.05, 0) is 6.42 Å². The van der Waals surface area contributed by atoms with E-state index >= 15 is 0 Å². The van der Waals surface area contributed by atoms with Gasteiger partial charge in [0.2, 0.25) is 0 Å². The van der Waals surface area contributed by atoms with Gasteiger partial charge in [-0.2, -0.15) is 0 Å². The van der Waals surface area contributed by atoms with Gasteiger partial charge < -0.3 is 10.6 Å². The van der Waals surface area contributed by atoms with Gasteiger partial charge in [0.15, 0.2) is 0 Å². The van der Waals surface area contributed by atoms with Gasteiger partial charge in [-0.15, -0.1) is 0 Å². The van der Waals surface area contributed by atoms with Crippen LogP contribution in [-0.4, -0.2) is 23.1 Å². The van der Waals surface area contributed by atoms with Crippen molar-refractivity contribution in [2.75, 3.05) is 23.7 Å². The maximum absolute atomic E-state index is 5.94. The van der Waals surface area contributed by atoms with E-state index in [0.717, 1.165) is 23.8 Å². The fourth-order valence-electron chi connectivity index (χ4n) is 1.39. The van der Waals surface area contributed by atoms with Crippen molar-refractivity contribution >= 4 is 23.2 Å². The van der Waals surface area contributed by atoms with Crippen molar-refractivity contribution in [1.29, 1.82) is 0 Å². The summed E-state index contributed by atoms with van der Waals surface area (Å²) in [6, 6.07) is 0. The average Bonchev–Trinajstić information content (AvgIpc) is 2.19. The first-order valence-electron chi connectivity index (χ1n) is 4.43. The molecule has 1 aromatic rings. The molecule has 0 amide bonds. The molecule has 74 valence electrons. The number of rotatable bonds is 1. The second-order valence-electron chi connectivity index (χ2n) is 3.16. The summed E-state index contributed by atoms with van der Waals surface area (Å²) < 4.78 is 0. The summed E-state index contributed by atoms with van der Waals surface area (Å²) in [7, 11) is 0. The number of hydrogen-bond acceptors (Lipinski definition) is 4. The highest BCUT2D eigenvalue weighted by atomic mass is 35.5. The van der Waals surface area contributed by atoms with Crippen LogP contribution in [0, 0.1) is 0 Å². The fraction of sp³-hybridized carbons (Fsp3) is 0.333. The van der Waals surface area contributed by atoms with Crippen LogP contribution in [0.25, 0.3) is 0 Å². The highest BCUT2D eigenvalue weighted by molar-refractivity contribution is 6.30. The molecule has 0 spiro atoms. The Hall–Kier alpha value is -1.29. The summed E-state index contributed by atoms with van der Waals surface area (Å²) in [5.41, 5.74) is 5.45. The molecule has 0 aliphatic carbocycles. The Bertz CT molecular complexity index is 346. The lowest BCUT2D eigenvalue weighted by atomic mass is 10.2. The van der Waals surface area contributed by atoms with E-state index in [-0.39, 0.29) is 0 Å². The first-order chi connectivity index (χ1) is 6.75. The van der Waals surface area contributed by atoms with Crippen molar-refractivity contribution in [2.24, 2.45) is 0 Å². The summed E-state index contributed by atoms with van der Waals surface area (Å²) in [6.45, 7) is 1.63. The van der Waals surface area contributed by atoms with Crippen LogP contribution in [0.15, 0.2) is 23.5 Å². The molecule has 1 aliphatic heterocycles. The molecule has 0 radical (unpaired) electrons. The minimum absolute atomic E-state index is 0.437. The van der Waals surface area contributed by atoms with Crippen LogP contribution in [0.2, 0.25) is 0 Å². The van der Waals surface area contributed by atoms with Gasteiger partial charge in [0, 0.05) is 11.6 Å². The van der Waals surface area contributed by atoms with Gasteiger partial charge in [0.1, 0.15) is 11.6 Å². The molecular formula is C9H11ClN4. The molecule has 0 aromatic carbocycles. The highest BCUT2D eigenvalue weighted by Gasteiger charge is 2.12. The average molecular weight is 211 g/mol. The van der Waals surface area contributed by atoms with E-state index in [2.05, 4.69) is 14.9 Å². The normalized spacial score (nSPS) is 16.6. The predicted molar refractivity (Wildman–Crippen MR) is 57.2 cm³/mol. The summed E-state index contributed by atoms with van der Waals surface area (Å²) in [5.74, 6) is 1.26. The minimum atomic E-state index is 0.437. The zero-order valence-corrected chi connectivity index (χ0v) is 8.41. The van der Waals surface area contributed by atoms with Crippen LogP contribution in [0.5, 0.6) is 0 Å². The zero-order valence-electron chi connectivity index (χ0n) is 7.65. The highest BCUT2D eigenvalue weighted by Crippen LogP contribution is 2.18. The van der Waals surface area contributed by atoms with Crippen molar-refractivity contribution in [3.63, 3.8) is 0 Å². The number of nitrogen functional groups attached to an aromatic ring is 1. The van der Waals surface area contributed by atoms with Gasteiger partial charge in [0.25, 0.3) is 0 Å². The number of anilines is 2. The van der Waals surface area contributed by atoms with Crippen LogP contribution in [0.3, 0.4) is 0 Å². The minimum Gasteiger partial charge on any atom is -0.382 e. The van der Waals surface area contributed by atoms with E-state index in [1.54, 1.807) is 12.4 Å². The fourth-order valence-corrected chi connectivity index (χ4v) is 1.65. The summed E-state index contributed by atoms with van der Waals surface area (Å²) in [6.07, 6.45) is 6.21. The van der Waals surface area contributed by atoms with E-state index in [4.69, 9.17) is 17.3 Å². The lowest BCUT2D eigenvalue weighted by Gasteiger charge is -2.25. The van der Waals surface area contributed by atoms with Crippen LogP contribution >= 0.6 is 11.6 Å². The molecular weight excluding hydrogens is 200 g/mol. The van der Waals surface area contributed by atoms with Crippen molar-refractivity contribution < 1.29 is 0 Å². The lowest BCUT2D eigenvalue weighted by molar-refractivity contribution is 0.795. The van der Waals surface area contributed by atoms with Crippen LogP contribution in [0.4, 0.5) is 11.6 Å². The number of nitrogens with two attached hydrogens (primary N) is 1. The second kappa shape index (κ2) is 3.84. The van der Waals surface area contributed by atoms with Crippen LogP contribution < -0.4 is 10.6 Å². The van der Waals surface area contributed by atoms with Gasteiger partial charge in [0.05, 0.1) is 18.9 Å². The molecule has 1 aromatic heterocycles. The summed E-state index contributed by atoms with van der Waals surface area (Å²) in [5, 5.41) is 0.856. The maximum atomic E-state index is 5.94. The number of nitrogens with zero attached hydrogens (tertiary/aromatic N) is 3. The first-order valence-corrected chi connectivity index (χ1v) is 4.80. The smallest absolute Gasteiger partial charge is 0.147 e. The molecule has 4 nitrogen and oxygen atoms in total. The van der Waals surface area contributed by atoms with Crippen molar-refractivity contribution in [2.45, 2.75) is 6.42 Å². The molecule has 5 heteroatoms. The van der Waals surface area contributed by atoms with Crippen molar-refractivity contribution in [1.82, 2.24) is 9.97 Å². The summed E-state index contributed by atoms with van der Waals surface area (Å²) >= 11 is 5.94. The molecule has 0 atom stereocenters. The molecule has 2 rings (SSSR count). The largest absolute Gasteiger partial charge is 0.382 e. The molecule has 0 saturated heterocycles. The van der Waals surface area contributed by atoms with E-state index < -0.39 is 0 Å². The Morgan fingerprint density at radius 2 is 2.21 bits per heavy atom. The predicted octanol–water partition coefficient (Wildman–Crippen LogP) is 1.39. The molecule has 2 N–H and O–H groups in total. The van der Waals surface area contributed by atoms with Crippen LogP contribution in [0.1, 0.15) is 6.42 Å². The summed E-state index contributed by atoms with van der Waals surface area (Å²) in [4.78, 5) is 10.3. The topological polar surface area (TPSA) is 55.0 Å². The van der Waals surface area contributed by atoms with E-state index in [0.29, 0.717) is 12.4 Å². The van der Waals surface area contributed by atoms with E-state index in [1.165, 1.54) is 0 Å². The molecule has 0 unspecified atom stereocenters. The molecule has 2 heterocycles. The number of aromatic nitrogens is 2. The van der Waals surface area contributed by atoms with Gasteiger partial charge in [-0.1, -0.05) is 17.7 Å². The quantitative estimate of drug-likeness (QED) is 0.761. The second-order valence-corrected chi connectivity index (χ2v) is 3.65. The van der Waals surface area contributed by atoms with E-state index in [9.17, 15) is 0 Å². The Morgan fingerprint density at radius 1 is 1.36 bits per heavy atom. The van der Waals surface area contributed by atoms with Gasteiger partial charge >= 0.3 is 0 Å². The standard InChI is InChI=1S/C9H11ClN4/c10-7-2-1-3-14(6-7)9-5-12-8(11)4-13-9/h2,4-5H,1,3,6H2,(H2,11,12). The molecule has 0 bridgehead atoms. The van der Waals surface area contributed by atoms with Crippen molar-refractivity contribution in [3.05, 3.63) is 23.5 Å². The first kappa shape index (κ1) is 9.27. The zero-order chi connectivity index (χ0) is 9.97. The van der Waals surface area contributed by atoms with Gasteiger partial charge in [-0.25, -0.2) is 9.97 Å². The van der Waals surface area contributed by atoms with Crippen LogP contribution in [-0.2, 0) is 0 Å². The Kier molecular flexibility index (Phi) is 2.54. The van der Waals surface area contributed by atoms with E-state index in [1.807, 2.05) is 6.08 Å². The maximum Gasteiger partial charge on any atom is 0.147 e. The molecule has 14 heavy (non-hydrogen) atoms. The number of hydrogen-bond donors (Lipinski definition) is 1. The molecule has 0 saturated carbocycles. The lowest BCUT2D eigenvalue weighted by Crippen LogP contribution is -2.29. The molecule has 0 fully saturated rings. The van der Waals surface area contributed by atoms with Crippen molar-refractivity contribution in [3.8, 4) is 0 Å². The number of halogens is 1. The third-order valence-corrected chi connectivity index (χ3v) is 2.36. The SMILES string of the molecule is Nc1cnc(N2CCC=C(Cl)C2)cn1. The van der Waals surface area contributed by atoms with Gasteiger partial charge in [-0.3, -0.25) is 0 Å². The third-order valence-electron chi connectivity index (χ3n) is 2.09. The third kappa shape index (κ3) is 1.96. The Balaban J connectivity index is 2.16. The molecule has 1 aliphatic rings. The Morgan fingerprint density at radius 3 is 2.86 bits per heavy atom. The monoisotopic (exact) mass is 210 g/mol.